The monoisotopic (exact) mass is 414 g/mol. The molecule has 0 N–H and O–H groups in total. The minimum absolute atomic E-state index is 0.00903. The van der Waals surface area contributed by atoms with Gasteiger partial charge in [0.1, 0.15) is 10.0 Å². The highest BCUT2D eigenvalue weighted by atomic mass is 35.5. The molecular weight excluding hydrogens is 398 g/mol. The second-order valence-electron chi connectivity index (χ2n) is 5.05. The number of ether oxygens (including phenoxy) is 2. The minimum atomic E-state index is -0.587. The first kappa shape index (κ1) is 21.4. The molecule has 0 aliphatic heterocycles. The van der Waals surface area contributed by atoms with Crippen LogP contribution < -0.4 is 4.74 Å². The molecule has 4 nitrogen and oxygen atoms in total. The summed E-state index contributed by atoms with van der Waals surface area (Å²) in [7, 11) is 0. The Kier molecular flexibility index (Phi) is 9.82. The second kappa shape index (κ2) is 11.0. The van der Waals surface area contributed by atoms with E-state index in [9.17, 15) is 9.59 Å². The predicted octanol–water partition coefficient (Wildman–Crippen LogP) is 6.11. The first-order valence-electron chi connectivity index (χ1n) is 7.56. The van der Waals surface area contributed by atoms with Crippen LogP contribution in [-0.4, -0.2) is 18.5 Å². The Morgan fingerprint density at radius 2 is 1.50 bits per heavy atom. The van der Waals surface area contributed by atoms with Gasteiger partial charge in [-0.2, -0.15) is 0 Å². The lowest BCUT2D eigenvalue weighted by molar-refractivity contribution is -0.144. The molecule has 0 aliphatic carbocycles. The van der Waals surface area contributed by atoms with Crippen LogP contribution in [0.1, 0.15) is 45.4 Å². The van der Waals surface area contributed by atoms with Crippen molar-refractivity contribution >= 4 is 58.3 Å². The lowest BCUT2D eigenvalue weighted by atomic mass is 10.2. The van der Waals surface area contributed by atoms with Gasteiger partial charge >= 0.3 is 11.9 Å². The fraction of sp³-hybridized carbons (Fsp3) is 0.500. The Morgan fingerprint density at radius 3 is 2.08 bits per heavy atom. The van der Waals surface area contributed by atoms with Crippen LogP contribution in [0, 0.1) is 0 Å². The van der Waals surface area contributed by atoms with Crippen LogP contribution in [0.4, 0.5) is 0 Å². The third-order valence-electron chi connectivity index (χ3n) is 3.06. The Hall–Kier alpha value is -0.680. The van der Waals surface area contributed by atoms with Gasteiger partial charge in [0, 0.05) is 12.8 Å². The predicted molar refractivity (Wildman–Crippen MR) is 96.5 cm³/mol. The van der Waals surface area contributed by atoms with Gasteiger partial charge in [0.25, 0.3) is 0 Å². The van der Waals surface area contributed by atoms with Crippen molar-refractivity contribution in [1.29, 1.82) is 0 Å². The number of hydrogen-bond donors (Lipinski definition) is 0. The van der Waals surface area contributed by atoms with Crippen LogP contribution in [0.15, 0.2) is 6.07 Å². The zero-order valence-corrected chi connectivity index (χ0v) is 16.2. The molecule has 0 radical (unpaired) electrons. The van der Waals surface area contributed by atoms with Gasteiger partial charge in [0.05, 0.1) is 16.7 Å². The molecule has 0 unspecified atom stereocenters. The molecule has 1 aromatic carbocycles. The quantitative estimate of drug-likeness (QED) is 0.211. The molecule has 134 valence electrons. The maximum absolute atomic E-state index is 11.8. The van der Waals surface area contributed by atoms with Crippen LogP contribution in [0.2, 0.25) is 20.1 Å². The van der Waals surface area contributed by atoms with E-state index in [-0.39, 0.29) is 44.7 Å². The number of esters is 2. The van der Waals surface area contributed by atoms with E-state index in [0.29, 0.717) is 13.0 Å². The van der Waals surface area contributed by atoms with Crippen molar-refractivity contribution in [3.05, 3.63) is 26.2 Å². The van der Waals surface area contributed by atoms with Crippen molar-refractivity contribution in [1.82, 2.24) is 0 Å². The van der Waals surface area contributed by atoms with Gasteiger partial charge in [0.15, 0.2) is 5.75 Å². The van der Waals surface area contributed by atoms with E-state index in [4.69, 9.17) is 55.9 Å². The van der Waals surface area contributed by atoms with Crippen LogP contribution in [0.3, 0.4) is 0 Å². The highest BCUT2D eigenvalue weighted by Gasteiger charge is 2.18. The van der Waals surface area contributed by atoms with Crippen molar-refractivity contribution in [2.24, 2.45) is 0 Å². The van der Waals surface area contributed by atoms with Crippen molar-refractivity contribution < 1.29 is 19.1 Å². The highest BCUT2D eigenvalue weighted by Crippen LogP contribution is 2.42. The first-order valence-corrected chi connectivity index (χ1v) is 9.07. The van der Waals surface area contributed by atoms with Crippen molar-refractivity contribution in [3.8, 4) is 5.75 Å². The van der Waals surface area contributed by atoms with Crippen LogP contribution in [-0.2, 0) is 14.3 Å². The van der Waals surface area contributed by atoms with Crippen LogP contribution >= 0.6 is 46.4 Å². The molecule has 0 fully saturated rings. The molecule has 8 heteroatoms. The summed E-state index contributed by atoms with van der Waals surface area (Å²) in [6, 6.07) is 1.36. The average Bonchev–Trinajstić information content (AvgIpc) is 2.54. The zero-order valence-electron chi connectivity index (χ0n) is 13.2. The summed E-state index contributed by atoms with van der Waals surface area (Å²) in [6.07, 6.45) is 3.37. The zero-order chi connectivity index (χ0) is 18.1. The SMILES string of the molecule is CCCCCOC(=O)CCCC(=O)Oc1c(Cl)c(Cl)cc(Cl)c1Cl. The van der Waals surface area contributed by atoms with Gasteiger partial charge in [-0.05, 0) is 18.9 Å². The molecule has 1 rings (SSSR count). The molecule has 0 bridgehead atoms. The van der Waals surface area contributed by atoms with Crippen molar-refractivity contribution in [3.63, 3.8) is 0 Å². The van der Waals surface area contributed by atoms with E-state index in [2.05, 4.69) is 6.92 Å². The van der Waals surface area contributed by atoms with Gasteiger partial charge < -0.3 is 9.47 Å². The number of rotatable bonds is 9. The minimum Gasteiger partial charge on any atom is -0.466 e. The van der Waals surface area contributed by atoms with Gasteiger partial charge in [0.2, 0.25) is 0 Å². The number of unbranched alkanes of at least 4 members (excludes halogenated alkanes) is 2. The molecule has 1 aromatic rings. The summed E-state index contributed by atoms with van der Waals surface area (Å²) in [4.78, 5) is 23.3. The van der Waals surface area contributed by atoms with E-state index in [0.717, 1.165) is 19.3 Å². The Morgan fingerprint density at radius 1 is 0.917 bits per heavy atom. The van der Waals surface area contributed by atoms with Gasteiger partial charge in [-0.3, -0.25) is 9.59 Å². The van der Waals surface area contributed by atoms with Gasteiger partial charge in [-0.1, -0.05) is 66.2 Å². The lowest BCUT2D eigenvalue weighted by Crippen LogP contribution is -2.11. The fourth-order valence-electron chi connectivity index (χ4n) is 1.79. The van der Waals surface area contributed by atoms with E-state index in [1.54, 1.807) is 0 Å². The van der Waals surface area contributed by atoms with E-state index >= 15 is 0 Å². The van der Waals surface area contributed by atoms with E-state index in [1.807, 2.05) is 0 Å². The summed E-state index contributed by atoms with van der Waals surface area (Å²) in [5.74, 6) is -1.00. The van der Waals surface area contributed by atoms with Crippen LogP contribution in [0.25, 0.3) is 0 Å². The molecule has 0 saturated carbocycles. The molecule has 0 aliphatic rings. The first-order chi connectivity index (χ1) is 11.4. The van der Waals surface area contributed by atoms with Gasteiger partial charge in [-0.25, -0.2) is 0 Å². The number of carbonyl (C=O) groups excluding carboxylic acids is 2. The molecule has 0 amide bonds. The number of hydrogen-bond acceptors (Lipinski definition) is 4. The number of carbonyl (C=O) groups is 2. The summed E-state index contributed by atoms with van der Waals surface area (Å²) in [5, 5.41) is 0.276. The Labute approximate surface area is 161 Å². The number of halogens is 4. The smallest absolute Gasteiger partial charge is 0.311 e. The molecule has 0 saturated heterocycles. The topological polar surface area (TPSA) is 52.6 Å². The number of benzene rings is 1. The summed E-state index contributed by atoms with van der Waals surface area (Å²) >= 11 is 23.6. The summed E-state index contributed by atoms with van der Waals surface area (Å²) in [5.41, 5.74) is 0. The third-order valence-corrected chi connectivity index (χ3v) is 4.60. The molecule has 0 aromatic heterocycles. The highest BCUT2D eigenvalue weighted by molar-refractivity contribution is 6.48. The normalized spacial score (nSPS) is 10.5. The third kappa shape index (κ3) is 7.06. The maximum Gasteiger partial charge on any atom is 0.311 e. The Balaban J connectivity index is 2.41. The molecule has 0 heterocycles. The molecular formula is C16H18Cl4O4. The molecule has 0 atom stereocenters. The molecule has 0 spiro atoms. The second-order valence-corrected chi connectivity index (χ2v) is 6.62. The van der Waals surface area contributed by atoms with Crippen molar-refractivity contribution in [2.75, 3.05) is 6.61 Å². The maximum atomic E-state index is 11.8. The molecule has 24 heavy (non-hydrogen) atoms. The summed E-state index contributed by atoms with van der Waals surface area (Å²) < 4.78 is 10.2. The van der Waals surface area contributed by atoms with Crippen LogP contribution in [0.5, 0.6) is 5.75 Å². The van der Waals surface area contributed by atoms with E-state index < -0.39 is 5.97 Å². The lowest BCUT2D eigenvalue weighted by Gasteiger charge is -2.10. The fourth-order valence-corrected chi connectivity index (χ4v) is 2.66. The average molecular weight is 416 g/mol. The van der Waals surface area contributed by atoms with E-state index in [1.165, 1.54) is 6.07 Å². The van der Waals surface area contributed by atoms with Crippen molar-refractivity contribution in [2.45, 2.75) is 45.4 Å². The largest absolute Gasteiger partial charge is 0.466 e. The standard InChI is InChI=1S/C16H18Cl4O4/c1-2-3-4-8-23-12(21)6-5-7-13(22)24-16-14(19)10(17)9-11(18)15(16)20/h9H,2-8H2,1H3. The summed E-state index contributed by atoms with van der Waals surface area (Å²) in [6.45, 7) is 2.47. The van der Waals surface area contributed by atoms with Gasteiger partial charge in [-0.15, -0.1) is 0 Å². The Bertz CT molecular complexity index is 564.